The molecular weight excluding hydrogens is 216 g/mol. The quantitative estimate of drug-likeness (QED) is 0.666. The summed E-state index contributed by atoms with van der Waals surface area (Å²) in [6, 6.07) is 0. The first-order valence-electron chi connectivity index (χ1n) is 5.18. The lowest BCUT2D eigenvalue weighted by molar-refractivity contribution is -0.140. The first-order chi connectivity index (χ1) is 6.88. The number of rotatable bonds is 5. The van der Waals surface area contributed by atoms with Gasteiger partial charge in [0.15, 0.2) is 15.1 Å². The predicted molar refractivity (Wildman–Crippen MR) is 57.2 cm³/mol. The third-order valence-corrected chi connectivity index (χ3v) is 4.92. The van der Waals surface area contributed by atoms with E-state index in [1.54, 1.807) is 0 Å². The molecule has 0 spiro atoms. The molecule has 0 heterocycles. The highest BCUT2D eigenvalue weighted by Crippen LogP contribution is 2.37. The van der Waals surface area contributed by atoms with Crippen LogP contribution in [0.15, 0.2) is 0 Å². The summed E-state index contributed by atoms with van der Waals surface area (Å²) in [4.78, 5) is 11.4. The Morgan fingerprint density at radius 3 is 2.27 bits per heavy atom. The average molecular weight is 234 g/mol. The minimum absolute atomic E-state index is 0.0128. The Hall–Kier alpha value is -0.580. The third-order valence-electron chi connectivity index (χ3n) is 2.44. The van der Waals surface area contributed by atoms with Gasteiger partial charge < -0.3 is 4.74 Å². The van der Waals surface area contributed by atoms with Crippen LogP contribution >= 0.6 is 0 Å². The fraction of sp³-hybridized carbons (Fsp3) is 0.900. The number of sulfone groups is 1. The normalized spacial score (nSPS) is 18.9. The van der Waals surface area contributed by atoms with E-state index in [0.717, 1.165) is 12.8 Å². The molecule has 1 rings (SSSR count). The van der Waals surface area contributed by atoms with Crippen LogP contribution in [0.5, 0.6) is 0 Å². The van der Waals surface area contributed by atoms with Crippen molar-refractivity contribution in [3.63, 3.8) is 0 Å². The standard InChI is InChI=1S/C10H18O4S/c1-7(2)6-15(12,13)9(8-4-5-8)10(11)14-3/h7-9H,4-6H2,1-3H3. The van der Waals surface area contributed by atoms with Crippen molar-refractivity contribution in [2.75, 3.05) is 12.9 Å². The molecule has 0 aliphatic heterocycles. The highest BCUT2D eigenvalue weighted by atomic mass is 32.2. The predicted octanol–water partition coefficient (Wildman–Crippen LogP) is 1.01. The zero-order valence-corrected chi connectivity index (χ0v) is 10.2. The summed E-state index contributed by atoms with van der Waals surface area (Å²) in [6.45, 7) is 3.66. The minimum atomic E-state index is -3.34. The largest absolute Gasteiger partial charge is 0.468 e. The number of carbonyl (C=O) groups excluding carboxylic acids is 1. The summed E-state index contributed by atoms with van der Waals surface area (Å²) in [5.74, 6) is -0.510. The van der Waals surface area contributed by atoms with Crippen molar-refractivity contribution in [3.05, 3.63) is 0 Å². The Morgan fingerprint density at radius 2 is 1.93 bits per heavy atom. The second kappa shape index (κ2) is 4.51. The van der Waals surface area contributed by atoms with Crippen LogP contribution in [0.25, 0.3) is 0 Å². The molecule has 0 saturated heterocycles. The first-order valence-corrected chi connectivity index (χ1v) is 6.89. The summed E-state index contributed by atoms with van der Waals surface area (Å²) < 4.78 is 28.4. The van der Waals surface area contributed by atoms with Crippen LogP contribution < -0.4 is 0 Å². The van der Waals surface area contributed by atoms with Crippen molar-refractivity contribution >= 4 is 15.8 Å². The molecule has 0 amide bonds. The van der Waals surface area contributed by atoms with E-state index < -0.39 is 21.1 Å². The van der Waals surface area contributed by atoms with Crippen molar-refractivity contribution in [1.82, 2.24) is 0 Å². The van der Waals surface area contributed by atoms with Crippen LogP contribution in [0.3, 0.4) is 0 Å². The van der Waals surface area contributed by atoms with Gasteiger partial charge in [-0.2, -0.15) is 0 Å². The zero-order chi connectivity index (χ0) is 11.6. The molecule has 4 nitrogen and oxygen atoms in total. The molecule has 5 heteroatoms. The summed E-state index contributed by atoms with van der Waals surface area (Å²) in [5, 5.41) is -0.926. The van der Waals surface area contributed by atoms with Gasteiger partial charge in [-0.15, -0.1) is 0 Å². The average Bonchev–Trinajstić information content (AvgIpc) is 2.85. The lowest BCUT2D eigenvalue weighted by atomic mass is 10.3. The van der Waals surface area contributed by atoms with Gasteiger partial charge in [0.1, 0.15) is 0 Å². The van der Waals surface area contributed by atoms with Crippen molar-refractivity contribution in [2.24, 2.45) is 11.8 Å². The zero-order valence-electron chi connectivity index (χ0n) is 9.39. The monoisotopic (exact) mass is 234 g/mol. The number of esters is 1. The molecule has 0 N–H and O–H groups in total. The van der Waals surface area contributed by atoms with Crippen molar-refractivity contribution < 1.29 is 17.9 Å². The maximum atomic E-state index is 11.9. The maximum Gasteiger partial charge on any atom is 0.324 e. The van der Waals surface area contributed by atoms with Crippen LogP contribution in [-0.4, -0.2) is 32.5 Å². The van der Waals surface area contributed by atoms with Gasteiger partial charge in [-0.3, -0.25) is 4.79 Å². The van der Waals surface area contributed by atoms with E-state index >= 15 is 0 Å². The second-order valence-corrected chi connectivity index (χ2v) is 6.67. The van der Waals surface area contributed by atoms with Crippen molar-refractivity contribution in [3.8, 4) is 0 Å². The van der Waals surface area contributed by atoms with Gasteiger partial charge in [0.25, 0.3) is 0 Å². The molecule has 15 heavy (non-hydrogen) atoms. The number of carbonyl (C=O) groups is 1. The van der Waals surface area contributed by atoms with E-state index in [0.29, 0.717) is 0 Å². The molecule has 1 atom stereocenters. The van der Waals surface area contributed by atoms with E-state index in [1.807, 2.05) is 13.8 Å². The SMILES string of the molecule is COC(=O)C(C1CC1)S(=O)(=O)CC(C)C. The van der Waals surface area contributed by atoms with E-state index in [-0.39, 0.29) is 17.6 Å². The highest BCUT2D eigenvalue weighted by molar-refractivity contribution is 7.92. The lowest BCUT2D eigenvalue weighted by Crippen LogP contribution is -2.36. The smallest absolute Gasteiger partial charge is 0.324 e. The van der Waals surface area contributed by atoms with E-state index in [2.05, 4.69) is 4.74 Å². The minimum Gasteiger partial charge on any atom is -0.468 e. The van der Waals surface area contributed by atoms with Gasteiger partial charge >= 0.3 is 5.97 Å². The number of hydrogen-bond donors (Lipinski definition) is 0. The van der Waals surface area contributed by atoms with Gasteiger partial charge in [-0.1, -0.05) is 13.8 Å². The molecule has 1 aliphatic carbocycles. The molecule has 0 bridgehead atoms. The molecule has 88 valence electrons. The number of ether oxygens (including phenoxy) is 1. The Bertz CT molecular complexity index is 327. The topological polar surface area (TPSA) is 60.4 Å². The number of hydrogen-bond acceptors (Lipinski definition) is 4. The molecule has 1 aliphatic rings. The van der Waals surface area contributed by atoms with Crippen LogP contribution in [0.1, 0.15) is 26.7 Å². The molecule has 0 aromatic carbocycles. The Labute approximate surface area is 90.9 Å². The molecule has 1 unspecified atom stereocenters. The lowest BCUT2D eigenvalue weighted by Gasteiger charge is -2.15. The van der Waals surface area contributed by atoms with Gasteiger partial charge in [0.05, 0.1) is 12.9 Å². The molecule has 0 aromatic rings. The fourth-order valence-electron chi connectivity index (χ4n) is 1.72. The van der Waals surface area contributed by atoms with Gasteiger partial charge in [-0.25, -0.2) is 8.42 Å². The van der Waals surface area contributed by atoms with E-state index in [9.17, 15) is 13.2 Å². The Kier molecular flexibility index (Phi) is 3.76. The summed E-state index contributed by atoms with van der Waals surface area (Å²) >= 11 is 0. The van der Waals surface area contributed by atoms with Crippen molar-refractivity contribution in [1.29, 1.82) is 0 Å². The van der Waals surface area contributed by atoms with E-state index in [4.69, 9.17) is 0 Å². The summed E-state index contributed by atoms with van der Waals surface area (Å²) in [5.41, 5.74) is 0. The Morgan fingerprint density at radius 1 is 1.40 bits per heavy atom. The summed E-state index contributed by atoms with van der Waals surface area (Å²) in [6.07, 6.45) is 1.63. The van der Waals surface area contributed by atoms with Gasteiger partial charge in [-0.05, 0) is 24.7 Å². The number of methoxy groups -OCH3 is 1. The second-order valence-electron chi connectivity index (χ2n) is 4.50. The van der Waals surface area contributed by atoms with E-state index in [1.165, 1.54) is 7.11 Å². The van der Waals surface area contributed by atoms with Gasteiger partial charge in [0.2, 0.25) is 0 Å². The Balaban J connectivity index is 2.83. The van der Waals surface area contributed by atoms with Gasteiger partial charge in [0, 0.05) is 0 Å². The molecule has 0 aromatic heterocycles. The van der Waals surface area contributed by atoms with Crippen LogP contribution in [-0.2, 0) is 19.4 Å². The molecule has 1 fully saturated rings. The maximum absolute atomic E-state index is 11.9. The molecule has 1 saturated carbocycles. The van der Waals surface area contributed by atoms with Crippen LogP contribution in [0, 0.1) is 11.8 Å². The highest BCUT2D eigenvalue weighted by Gasteiger charge is 2.45. The molecule has 0 radical (unpaired) electrons. The first kappa shape index (κ1) is 12.5. The third kappa shape index (κ3) is 3.19. The molecular formula is C10H18O4S. The van der Waals surface area contributed by atoms with Crippen molar-refractivity contribution in [2.45, 2.75) is 31.9 Å². The van der Waals surface area contributed by atoms with Crippen LogP contribution in [0.4, 0.5) is 0 Å². The summed E-state index contributed by atoms with van der Waals surface area (Å²) in [7, 11) is -2.11. The fourth-order valence-corrected chi connectivity index (χ4v) is 4.10. The van der Waals surface area contributed by atoms with Crippen LogP contribution in [0.2, 0.25) is 0 Å².